The van der Waals surface area contributed by atoms with Crippen LogP contribution in [-0.2, 0) is 10.4 Å². The van der Waals surface area contributed by atoms with Gasteiger partial charge in [0.1, 0.15) is 17.1 Å². The summed E-state index contributed by atoms with van der Waals surface area (Å²) in [5.41, 5.74) is 3.37. The van der Waals surface area contributed by atoms with Crippen molar-refractivity contribution >= 4 is 5.91 Å². The molecule has 2 N–H and O–H groups in total. The second-order valence-corrected chi connectivity index (χ2v) is 8.55. The van der Waals surface area contributed by atoms with Crippen molar-refractivity contribution in [2.45, 2.75) is 18.4 Å². The molecule has 4 nitrogen and oxygen atoms in total. The first-order chi connectivity index (χ1) is 16.0. The largest absolute Gasteiger partial charge is 0.457 e. The summed E-state index contributed by atoms with van der Waals surface area (Å²) >= 11 is 0. The third-order valence-electron chi connectivity index (χ3n) is 6.16. The Morgan fingerprint density at radius 3 is 1.91 bits per heavy atom. The van der Waals surface area contributed by atoms with E-state index in [1.807, 2.05) is 91.0 Å². The van der Waals surface area contributed by atoms with E-state index in [0.717, 1.165) is 27.8 Å². The van der Waals surface area contributed by atoms with Gasteiger partial charge in [0.05, 0.1) is 12.5 Å². The van der Waals surface area contributed by atoms with Crippen molar-refractivity contribution in [2.75, 3.05) is 6.54 Å². The molecule has 1 atom stereocenters. The van der Waals surface area contributed by atoms with E-state index < -0.39 is 11.5 Å². The number of carbonyl (C=O) groups excluding carboxylic acids is 1. The second kappa shape index (κ2) is 8.57. The summed E-state index contributed by atoms with van der Waals surface area (Å²) in [5.74, 6) is 0.695. The molecule has 0 aliphatic carbocycles. The summed E-state index contributed by atoms with van der Waals surface area (Å²) in [7, 11) is 0. The van der Waals surface area contributed by atoms with Gasteiger partial charge in [-0.2, -0.15) is 0 Å². The van der Waals surface area contributed by atoms with Crippen LogP contribution in [0.25, 0.3) is 11.1 Å². The topological polar surface area (TPSA) is 58.6 Å². The molecule has 0 saturated carbocycles. The van der Waals surface area contributed by atoms with Crippen LogP contribution < -0.4 is 10.1 Å². The zero-order chi connectivity index (χ0) is 22.8. The fourth-order valence-electron chi connectivity index (χ4n) is 4.31. The van der Waals surface area contributed by atoms with Gasteiger partial charge in [0, 0.05) is 11.1 Å². The lowest BCUT2D eigenvalue weighted by molar-refractivity contribution is -0.123. The van der Waals surface area contributed by atoms with E-state index in [9.17, 15) is 9.90 Å². The maximum absolute atomic E-state index is 13.4. The minimum absolute atomic E-state index is 0.0954. The smallest absolute Gasteiger partial charge is 0.232 e. The standard InChI is InChI=1S/C29H25NO3/c1-29(32,22-17-15-21(16-18-22)20-9-3-2-4-10-20)19-30-28(31)27-23-11-5-7-13-25(23)33-26-14-8-6-12-24(26)27/h2-18,27,32H,19H2,1H3,(H,30,31). The fourth-order valence-corrected chi connectivity index (χ4v) is 4.31. The molecule has 0 radical (unpaired) electrons. The quantitative estimate of drug-likeness (QED) is 0.428. The number of nitrogens with one attached hydrogen (secondary N) is 1. The van der Waals surface area contributed by atoms with E-state index >= 15 is 0 Å². The van der Waals surface area contributed by atoms with E-state index in [2.05, 4.69) is 17.4 Å². The maximum Gasteiger partial charge on any atom is 0.232 e. The lowest BCUT2D eigenvalue weighted by atomic mass is 9.87. The molecule has 33 heavy (non-hydrogen) atoms. The number of fused-ring (bicyclic) bond motifs is 2. The molecule has 0 saturated heterocycles. The van der Waals surface area contributed by atoms with Crippen molar-refractivity contribution < 1.29 is 14.6 Å². The molecule has 1 unspecified atom stereocenters. The number of hydrogen-bond donors (Lipinski definition) is 2. The van der Waals surface area contributed by atoms with Gasteiger partial charge in [-0.05, 0) is 35.7 Å². The third-order valence-corrected chi connectivity index (χ3v) is 6.16. The van der Waals surface area contributed by atoms with Crippen molar-refractivity contribution in [3.8, 4) is 22.6 Å². The molecule has 4 aromatic rings. The molecule has 5 rings (SSSR count). The molecule has 0 fully saturated rings. The number of amides is 1. The number of para-hydroxylation sites is 2. The van der Waals surface area contributed by atoms with Crippen molar-refractivity contribution in [1.29, 1.82) is 0 Å². The molecule has 0 bridgehead atoms. The zero-order valence-corrected chi connectivity index (χ0v) is 18.4. The van der Waals surface area contributed by atoms with Gasteiger partial charge in [-0.25, -0.2) is 0 Å². The number of ether oxygens (including phenoxy) is 1. The van der Waals surface area contributed by atoms with Crippen molar-refractivity contribution in [3.63, 3.8) is 0 Å². The molecule has 1 aliphatic rings. The van der Waals surface area contributed by atoms with Crippen LogP contribution in [0.4, 0.5) is 0 Å². The molecule has 0 spiro atoms. The summed E-state index contributed by atoms with van der Waals surface area (Å²) in [4.78, 5) is 13.4. The predicted molar refractivity (Wildman–Crippen MR) is 129 cm³/mol. The lowest BCUT2D eigenvalue weighted by Gasteiger charge is -2.29. The minimum atomic E-state index is -1.21. The molecule has 4 aromatic carbocycles. The highest BCUT2D eigenvalue weighted by atomic mass is 16.5. The average Bonchev–Trinajstić information content (AvgIpc) is 2.86. The van der Waals surface area contributed by atoms with E-state index in [1.165, 1.54) is 0 Å². The fraction of sp³-hybridized carbons (Fsp3) is 0.138. The summed E-state index contributed by atoms with van der Waals surface area (Å²) < 4.78 is 5.99. The molecular formula is C29H25NO3. The summed E-state index contributed by atoms with van der Waals surface area (Å²) in [6.45, 7) is 1.81. The van der Waals surface area contributed by atoms with Gasteiger partial charge in [-0.15, -0.1) is 0 Å². The highest BCUT2D eigenvalue weighted by Gasteiger charge is 2.33. The highest BCUT2D eigenvalue weighted by Crippen LogP contribution is 2.44. The summed E-state index contributed by atoms with van der Waals surface area (Å²) in [6, 6.07) is 33.1. The molecule has 1 amide bonds. The van der Waals surface area contributed by atoms with Crippen molar-refractivity contribution in [1.82, 2.24) is 5.32 Å². The Hall–Kier alpha value is -3.89. The summed E-state index contributed by atoms with van der Waals surface area (Å²) in [6.07, 6.45) is 0. The highest BCUT2D eigenvalue weighted by molar-refractivity contribution is 5.89. The van der Waals surface area contributed by atoms with Gasteiger partial charge < -0.3 is 15.2 Å². The third kappa shape index (κ3) is 4.13. The molecule has 4 heteroatoms. The van der Waals surface area contributed by atoms with Gasteiger partial charge in [0.15, 0.2) is 0 Å². The first-order valence-electron chi connectivity index (χ1n) is 11.0. The normalized spacial score (nSPS) is 14.4. The first-order valence-corrected chi connectivity index (χ1v) is 11.0. The van der Waals surface area contributed by atoms with E-state index in [4.69, 9.17) is 4.74 Å². The molecule has 0 aromatic heterocycles. The van der Waals surface area contributed by atoms with Crippen molar-refractivity contribution in [3.05, 3.63) is 120 Å². The molecule has 1 heterocycles. The average molecular weight is 436 g/mol. The van der Waals surface area contributed by atoms with E-state index in [1.54, 1.807) is 6.92 Å². The zero-order valence-electron chi connectivity index (χ0n) is 18.4. The van der Waals surface area contributed by atoms with Gasteiger partial charge in [-0.3, -0.25) is 4.79 Å². The molecular weight excluding hydrogens is 410 g/mol. The van der Waals surface area contributed by atoms with Gasteiger partial charge >= 0.3 is 0 Å². The Morgan fingerprint density at radius 2 is 1.30 bits per heavy atom. The number of rotatable bonds is 5. The second-order valence-electron chi connectivity index (χ2n) is 8.55. The molecule has 1 aliphatic heterocycles. The number of benzene rings is 4. The number of hydrogen-bond acceptors (Lipinski definition) is 3. The minimum Gasteiger partial charge on any atom is -0.457 e. The predicted octanol–water partition coefficient (Wildman–Crippen LogP) is 5.62. The Bertz CT molecular complexity index is 1230. The van der Waals surface area contributed by atoms with E-state index in [0.29, 0.717) is 11.5 Å². The lowest BCUT2D eigenvalue weighted by Crippen LogP contribution is -2.41. The number of carbonyl (C=O) groups is 1. The Morgan fingerprint density at radius 1 is 0.788 bits per heavy atom. The van der Waals surface area contributed by atoms with Crippen LogP contribution in [-0.4, -0.2) is 17.6 Å². The van der Waals surface area contributed by atoms with E-state index in [-0.39, 0.29) is 12.5 Å². The monoisotopic (exact) mass is 435 g/mol. The van der Waals surface area contributed by atoms with Crippen LogP contribution in [0.1, 0.15) is 29.5 Å². The Labute approximate surface area is 193 Å². The molecule has 164 valence electrons. The van der Waals surface area contributed by atoms with Crippen LogP contribution in [0.5, 0.6) is 11.5 Å². The first kappa shape index (κ1) is 21.0. The van der Waals surface area contributed by atoms with Crippen LogP contribution in [0.15, 0.2) is 103 Å². The Kier molecular flexibility index (Phi) is 5.45. The van der Waals surface area contributed by atoms with Gasteiger partial charge in [0.25, 0.3) is 0 Å². The maximum atomic E-state index is 13.4. The van der Waals surface area contributed by atoms with Crippen LogP contribution >= 0.6 is 0 Å². The SMILES string of the molecule is CC(O)(CNC(=O)C1c2ccccc2Oc2ccccc21)c1ccc(-c2ccccc2)cc1. The van der Waals surface area contributed by atoms with Crippen LogP contribution in [0, 0.1) is 0 Å². The van der Waals surface area contributed by atoms with Gasteiger partial charge in [0.2, 0.25) is 5.91 Å². The summed E-state index contributed by atoms with van der Waals surface area (Å²) in [5, 5.41) is 14.1. The Balaban J connectivity index is 1.35. The van der Waals surface area contributed by atoms with Crippen molar-refractivity contribution in [2.24, 2.45) is 0 Å². The van der Waals surface area contributed by atoms with Crippen LogP contribution in [0.3, 0.4) is 0 Å². The number of aliphatic hydroxyl groups is 1. The van der Waals surface area contributed by atoms with Gasteiger partial charge in [-0.1, -0.05) is 91.0 Å². The van der Waals surface area contributed by atoms with Crippen LogP contribution in [0.2, 0.25) is 0 Å².